The number of nitriles is 1. The number of rotatable bonds is 9. The van der Waals surface area contributed by atoms with Crippen LogP contribution in [-0.2, 0) is 19.4 Å². The zero-order chi connectivity index (χ0) is 24.6. The van der Waals surface area contributed by atoms with E-state index in [-0.39, 0.29) is 12.1 Å². The maximum Gasteiger partial charge on any atom is 0.254 e. The summed E-state index contributed by atoms with van der Waals surface area (Å²) in [6.45, 7) is 2.35. The van der Waals surface area contributed by atoms with E-state index in [2.05, 4.69) is 23.0 Å². The summed E-state index contributed by atoms with van der Waals surface area (Å²) in [6, 6.07) is 16.8. The first-order valence-corrected chi connectivity index (χ1v) is 11.5. The molecule has 0 bridgehead atoms. The molecule has 8 heteroatoms. The van der Waals surface area contributed by atoms with Crippen LogP contribution in [0.3, 0.4) is 0 Å². The van der Waals surface area contributed by atoms with Gasteiger partial charge >= 0.3 is 0 Å². The van der Waals surface area contributed by atoms with Crippen LogP contribution < -0.4 is 10.3 Å². The quantitative estimate of drug-likeness (QED) is 0.367. The fourth-order valence-electron chi connectivity index (χ4n) is 3.76. The van der Waals surface area contributed by atoms with Gasteiger partial charge in [-0.2, -0.15) is 5.26 Å². The van der Waals surface area contributed by atoms with Gasteiger partial charge in [-0.1, -0.05) is 37.6 Å². The average molecular weight is 467 g/mol. The molecule has 0 spiro atoms. The minimum Gasteiger partial charge on any atom is -0.494 e. The first-order chi connectivity index (χ1) is 17.1. The van der Waals surface area contributed by atoms with Crippen molar-refractivity contribution < 1.29 is 4.74 Å². The van der Waals surface area contributed by atoms with Crippen LogP contribution >= 0.6 is 0 Å². The molecule has 3 heterocycles. The molecule has 4 rings (SSSR count). The average Bonchev–Trinajstić information content (AvgIpc) is 2.90. The number of ether oxygens (including phenoxy) is 1. The molecule has 0 N–H and O–H groups in total. The van der Waals surface area contributed by atoms with Crippen LogP contribution in [0.25, 0.3) is 11.3 Å². The maximum absolute atomic E-state index is 13.2. The van der Waals surface area contributed by atoms with Gasteiger partial charge in [-0.15, -0.1) is 0 Å². The lowest BCUT2D eigenvalue weighted by molar-refractivity contribution is 0.410. The van der Waals surface area contributed by atoms with Crippen molar-refractivity contribution >= 4 is 0 Å². The molecule has 0 radical (unpaired) electrons. The Morgan fingerprint density at radius 3 is 2.57 bits per heavy atom. The second-order valence-corrected chi connectivity index (χ2v) is 8.08. The smallest absolute Gasteiger partial charge is 0.254 e. The number of hydrogen-bond acceptors (Lipinski definition) is 7. The van der Waals surface area contributed by atoms with Crippen LogP contribution in [-0.4, -0.2) is 31.6 Å². The number of methoxy groups -OCH3 is 1. The molecule has 35 heavy (non-hydrogen) atoms. The summed E-state index contributed by atoms with van der Waals surface area (Å²) < 4.78 is 6.76. The monoisotopic (exact) mass is 466 g/mol. The van der Waals surface area contributed by atoms with Crippen LogP contribution in [0.4, 0.5) is 0 Å². The summed E-state index contributed by atoms with van der Waals surface area (Å²) in [6.07, 6.45) is 6.21. The molecule has 0 saturated carbocycles. The van der Waals surface area contributed by atoms with E-state index in [1.54, 1.807) is 36.2 Å². The SMILES string of the molecule is CCCCc1cc(=O)n(Cc2cccc(-c3ccccc3C#N)n2)c(Cc2ncc(OC)cn2)n1. The van der Waals surface area contributed by atoms with E-state index in [4.69, 9.17) is 14.7 Å². The Morgan fingerprint density at radius 1 is 1.03 bits per heavy atom. The Balaban J connectivity index is 1.70. The highest BCUT2D eigenvalue weighted by Crippen LogP contribution is 2.21. The van der Waals surface area contributed by atoms with Gasteiger partial charge in [-0.25, -0.2) is 15.0 Å². The Bertz CT molecular complexity index is 1410. The number of aryl methyl sites for hydroxylation is 1. The highest BCUT2D eigenvalue weighted by atomic mass is 16.5. The van der Waals surface area contributed by atoms with Crippen LogP contribution in [0.5, 0.6) is 5.75 Å². The molecular weight excluding hydrogens is 440 g/mol. The van der Waals surface area contributed by atoms with Crippen molar-refractivity contribution in [3.63, 3.8) is 0 Å². The van der Waals surface area contributed by atoms with E-state index in [9.17, 15) is 10.1 Å². The number of benzene rings is 1. The van der Waals surface area contributed by atoms with Gasteiger partial charge in [-0.3, -0.25) is 14.3 Å². The van der Waals surface area contributed by atoms with Crippen LogP contribution in [0.15, 0.2) is 65.7 Å². The second kappa shape index (κ2) is 11.2. The molecule has 0 aliphatic heterocycles. The fraction of sp³-hybridized carbons (Fsp3) is 0.259. The third-order valence-corrected chi connectivity index (χ3v) is 5.61. The number of unbranched alkanes of at least 4 members (excludes halogenated alkanes) is 1. The standard InChI is InChI=1S/C27H26N6O2/c1-3-4-9-20-13-27(34)33(26(32-20)14-25-29-16-22(35-2)17-30-25)18-21-10-7-12-24(31-21)23-11-6-5-8-19(23)15-28/h5-8,10-13,16-17H,3-4,9,14,18H2,1-2H3. The van der Waals surface area contributed by atoms with Crippen molar-refractivity contribution in [2.45, 2.75) is 39.2 Å². The van der Waals surface area contributed by atoms with Crippen molar-refractivity contribution in [3.05, 3.63) is 99.9 Å². The van der Waals surface area contributed by atoms with Gasteiger partial charge in [0.2, 0.25) is 0 Å². The Kier molecular flexibility index (Phi) is 7.58. The van der Waals surface area contributed by atoms with E-state index >= 15 is 0 Å². The summed E-state index contributed by atoms with van der Waals surface area (Å²) in [5.41, 5.74) is 3.30. The highest BCUT2D eigenvalue weighted by molar-refractivity contribution is 5.67. The van der Waals surface area contributed by atoms with Gasteiger partial charge in [0.15, 0.2) is 5.75 Å². The lowest BCUT2D eigenvalue weighted by atomic mass is 10.0. The molecule has 0 aliphatic carbocycles. The molecule has 0 amide bonds. The minimum atomic E-state index is -0.140. The molecule has 0 fully saturated rings. The van der Waals surface area contributed by atoms with Crippen LogP contribution in [0.2, 0.25) is 0 Å². The minimum absolute atomic E-state index is 0.140. The van der Waals surface area contributed by atoms with Crippen LogP contribution in [0, 0.1) is 11.3 Å². The van der Waals surface area contributed by atoms with Gasteiger partial charge in [0, 0.05) is 17.3 Å². The number of pyridine rings is 1. The summed E-state index contributed by atoms with van der Waals surface area (Å²) in [5, 5.41) is 9.47. The molecule has 0 saturated heterocycles. The molecule has 0 aliphatic rings. The third-order valence-electron chi connectivity index (χ3n) is 5.61. The first-order valence-electron chi connectivity index (χ1n) is 11.5. The third kappa shape index (κ3) is 5.76. The van der Waals surface area contributed by atoms with Crippen molar-refractivity contribution in [3.8, 4) is 23.1 Å². The van der Waals surface area contributed by atoms with E-state index in [0.717, 1.165) is 30.5 Å². The van der Waals surface area contributed by atoms with Gasteiger partial charge in [-0.05, 0) is 31.0 Å². The van der Waals surface area contributed by atoms with Gasteiger partial charge in [0.25, 0.3) is 5.56 Å². The number of aromatic nitrogens is 5. The normalized spacial score (nSPS) is 10.7. The summed E-state index contributed by atoms with van der Waals surface area (Å²) >= 11 is 0. The topological polar surface area (TPSA) is 107 Å². The predicted octanol–water partition coefficient (Wildman–Crippen LogP) is 3.96. The van der Waals surface area contributed by atoms with Crippen LogP contribution in [0.1, 0.15) is 48.4 Å². The number of nitrogens with zero attached hydrogens (tertiary/aromatic N) is 6. The zero-order valence-electron chi connectivity index (χ0n) is 19.8. The lowest BCUT2D eigenvalue weighted by Crippen LogP contribution is -2.27. The lowest BCUT2D eigenvalue weighted by Gasteiger charge is -2.14. The van der Waals surface area contributed by atoms with Gasteiger partial charge in [0.1, 0.15) is 11.6 Å². The molecule has 3 aromatic heterocycles. The molecule has 1 aromatic carbocycles. The molecule has 0 unspecified atom stereocenters. The molecule has 8 nitrogen and oxygen atoms in total. The highest BCUT2D eigenvalue weighted by Gasteiger charge is 2.14. The molecule has 4 aromatic rings. The van der Waals surface area contributed by atoms with Gasteiger partial charge in [0.05, 0.1) is 55.5 Å². The fourth-order valence-corrected chi connectivity index (χ4v) is 3.76. The van der Waals surface area contributed by atoms with Crippen molar-refractivity contribution in [1.29, 1.82) is 5.26 Å². The summed E-state index contributed by atoms with van der Waals surface area (Å²) in [7, 11) is 1.56. The molecule has 0 atom stereocenters. The van der Waals surface area contributed by atoms with Crippen molar-refractivity contribution in [2.75, 3.05) is 7.11 Å². The second-order valence-electron chi connectivity index (χ2n) is 8.08. The first kappa shape index (κ1) is 23.8. The molecule has 176 valence electrons. The maximum atomic E-state index is 13.2. The Morgan fingerprint density at radius 2 is 1.83 bits per heavy atom. The predicted molar refractivity (Wildman–Crippen MR) is 132 cm³/mol. The zero-order valence-corrected chi connectivity index (χ0v) is 19.8. The van der Waals surface area contributed by atoms with E-state index < -0.39 is 0 Å². The van der Waals surface area contributed by atoms with Gasteiger partial charge < -0.3 is 4.74 Å². The molecular formula is C27H26N6O2. The Hall–Kier alpha value is -4.38. The summed E-state index contributed by atoms with van der Waals surface area (Å²) in [5.74, 6) is 1.69. The van der Waals surface area contributed by atoms with E-state index in [0.29, 0.717) is 40.8 Å². The van der Waals surface area contributed by atoms with E-state index in [1.165, 1.54) is 0 Å². The summed E-state index contributed by atoms with van der Waals surface area (Å²) in [4.78, 5) is 31.4. The van der Waals surface area contributed by atoms with Crippen molar-refractivity contribution in [2.24, 2.45) is 0 Å². The van der Waals surface area contributed by atoms with E-state index in [1.807, 2.05) is 36.4 Å². The largest absolute Gasteiger partial charge is 0.494 e. The number of hydrogen-bond donors (Lipinski definition) is 0. The Labute approximate surface area is 203 Å². The van der Waals surface area contributed by atoms with Crippen molar-refractivity contribution in [1.82, 2.24) is 24.5 Å².